The summed E-state index contributed by atoms with van der Waals surface area (Å²) < 4.78 is 69.5. The molecule has 0 amide bonds. The third kappa shape index (κ3) is 4.34. The lowest BCUT2D eigenvalue weighted by atomic mass is 10.2. The number of hydrogen-bond donors (Lipinski definition) is 0. The van der Waals surface area contributed by atoms with Gasteiger partial charge in [-0.2, -0.15) is 13.6 Å². The lowest BCUT2D eigenvalue weighted by molar-refractivity contribution is 0.155. The summed E-state index contributed by atoms with van der Waals surface area (Å²) >= 11 is 0. The molecule has 1 fully saturated rings. The molecule has 1 saturated heterocycles. The fraction of sp³-hybridized carbons (Fsp3) is 0.467. The molecule has 2 aromatic rings. The molecule has 0 N–H and O–H groups in total. The minimum Gasteiger partial charge on any atom is -0.340 e. The average molecular weight is 418 g/mol. The quantitative estimate of drug-likeness (QED) is 0.639. The molecule has 1 aliphatic heterocycles. The molecule has 1 aromatic heterocycles. The first-order valence-electron chi connectivity index (χ1n) is 8.09. The van der Waals surface area contributed by atoms with Gasteiger partial charge in [0.25, 0.3) is 0 Å². The van der Waals surface area contributed by atoms with Crippen LogP contribution >= 0.6 is 0 Å². The predicted octanol–water partition coefficient (Wildman–Crippen LogP) is 0.394. The second kappa shape index (κ2) is 7.26. The minimum absolute atomic E-state index is 0.0258. The molecule has 12 heteroatoms. The molecule has 0 saturated carbocycles. The number of sulfonamides is 2. The molecule has 27 heavy (non-hydrogen) atoms. The number of rotatable bonds is 7. The number of aryl methyl sites for hydroxylation is 1. The number of hydrogen-bond acceptors (Lipinski definition) is 7. The normalized spacial score (nSPS) is 16.6. The summed E-state index contributed by atoms with van der Waals surface area (Å²) in [6, 6.07) is 4.03. The highest BCUT2D eigenvalue weighted by atomic mass is 32.2. The van der Waals surface area contributed by atoms with Crippen LogP contribution in [0.3, 0.4) is 0 Å². The van der Waals surface area contributed by atoms with E-state index in [9.17, 15) is 21.2 Å². The zero-order valence-corrected chi connectivity index (χ0v) is 16.4. The molecular weight excluding hydrogens is 399 g/mol. The summed E-state index contributed by atoms with van der Waals surface area (Å²) in [6.45, 7) is 1.80. The van der Waals surface area contributed by atoms with Gasteiger partial charge in [-0.1, -0.05) is 5.16 Å². The molecule has 0 spiro atoms. The van der Waals surface area contributed by atoms with Crippen LogP contribution in [0.2, 0.25) is 0 Å². The zero-order chi connectivity index (χ0) is 19.8. The Kier molecular flexibility index (Phi) is 5.34. The van der Waals surface area contributed by atoms with E-state index in [1.54, 1.807) is 6.92 Å². The first-order valence-corrected chi connectivity index (χ1v) is 11.4. The maximum Gasteiger partial charge on any atom is 0.243 e. The number of benzene rings is 1. The summed E-state index contributed by atoms with van der Waals surface area (Å²) in [5.74, 6) is 0.239. The highest BCUT2D eigenvalue weighted by Gasteiger charge is 2.42. The van der Waals surface area contributed by atoms with Gasteiger partial charge in [-0.15, -0.1) is 0 Å². The number of aromatic nitrogens is 2. The first-order chi connectivity index (χ1) is 12.6. The molecule has 1 aromatic carbocycles. The molecule has 3 rings (SSSR count). The molecular formula is C15H19FN4O5S2. The van der Waals surface area contributed by atoms with Crippen LogP contribution in [0.25, 0.3) is 0 Å². The Morgan fingerprint density at radius 2 is 1.85 bits per heavy atom. The summed E-state index contributed by atoms with van der Waals surface area (Å²) in [6.07, 6.45) is 1.33. The van der Waals surface area contributed by atoms with Gasteiger partial charge in [0.15, 0.2) is 5.82 Å². The van der Waals surface area contributed by atoms with Crippen molar-refractivity contribution in [2.24, 2.45) is 0 Å². The highest BCUT2D eigenvalue weighted by Crippen LogP contribution is 2.26. The fourth-order valence-corrected chi connectivity index (χ4v) is 5.44. The van der Waals surface area contributed by atoms with Crippen molar-refractivity contribution in [3.05, 3.63) is 41.8 Å². The lowest BCUT2D eigenvalue weighted by Gasteiger charge is -2.43. The van der Waals surface area contributed by atoms with Crippen molar-refractivity contribution in [1.29, 1.82) is 0 Å². The Hall–Kier alpha value is -1.89. The van der Waals surface area contributed by atoms with Crippen LogP contribution in [-0.4, -0.2) is 67.5 Å². The molecule has 2 heterocycles. The maximum atomic E-state index is 13.0. The Morgan fingerprint density at radius 3 is 2.37 bits per heavy atom. The molecule has 0 aliphatic carbocycles. The highest BCUT2D eigenvalue weighted by molar-refractivity contribution is 7.89. The molecule has 1 aliphatic rings. The molecule has 0 bridgehead atoms. The van der Waals surface area contributed by atoms with Crippen LogP contribution in [-0.2, 0) is 26.5 Å². The Labute approximate surface area is 156 Å². The number of halogens is 1. The van der Waals surface area contributed by atoms with Crippen molar-refractivity contribution in [3.63, 3.8) is 0 Å². The smallest absolute Gasteiger partial charge is 0.243 e. The van der Waals surface area contributed by atoms with Crippen molar-refractivity contribution in [2.45, 2.75) is 24.3 Å². The Bertz CT molecular complexity index is 1010. The predicted molar refractivity (Wildman–Crippen MR) is 93.2 cm³/mol. The lowest BCUT2D eigenvalue weighted by Crippen LogP contribution is -2.62. The summed E-state index contributed by atoms with van der Waals surface area (Å²) in [5, 5.41) is 3.73. The van der Waals surface area contributed by atoms with Crippen LogP contribution in [0.4, 0.5) is 4.39 Å². The van der Waals surface area contributed by atoms with E-state index in [1.165, 1.54) is 20.7 Å². The molecule has 9 nitrogen and oxygen atoms in total. The summed E-state index contributed by atoms with van der Waals surface area (Å²) in [5.41, 5.74) is 0. The van der Waals surface area contributed by atoms with E-state index in [2.05, 4.69) is 10.1 Å². The van der Waals surface area contributed by atoms with Gasteiger partial charge in [0.05, 0.1) is 17.2 Å². The van der Waals surface area contributed by atoms with Gasteiger partial charge in [-0.05, 0) is 24.3 Å². The van der Waals surface area contributed by atoms with Gasteiger partial charge in [0.1, 0.15) is 5.82 Å². The Morgan fingerprint density at radius 1 is 1.22 bits per heavy atom. The van der Waals surface area contributed by atoms with Gasteiger partial charge < -0.3 is 4.52 Å². The summed E-state index contributed by atoms with van der Waals surface area (Å²) in [4.78, 5) is 4.00. The van der Waals surface area contributed by atoms with Crippen LogP contribution in [0.5, 0.6) is 0 Å². The average Bonchev–Trinajstić information content (AvgIpc) is 2.93. The van der Waals surface area contributed by atoms with Crippen LogP contribution in [0.15, 0.2) is 33.7 Å². The van der Waals surface area contributed by atoms with Crippen molar-refractivity contribution in [2.75, 3.05) is 25.9 Å². The Balaban J connectivity index is 1.67. The zero-order valence-electron chi connectivity index (χ0n) is 14.7. The van der Waals surface area contributed by atoms with Crippen molar-refractivity contribution in [3.8, 4) is 0 Å². The van der Waals surface area contributed by atoms with Gasteiger partial charge in [-0.25, -0.2) is 21.2 Å². The largest absolute Gasteiger partial charge is 0.340 e. The van der Waals surface area contributed by atoms with E-state index in [-0.39, 0.29) is 31.0 Å². The van der Waals surface area contributed by atoms with Gasteiger partial charge in [0, 0.05) is 33.0 Å². The maximum absolute atomic E-state index is 13.0. The molecule has 0 radical (unpaired) electrons. The molecule has 148 valence electrons. The third-order valence-corrected chi connectivity index (χ3v) is 7.42. The van der Waals surface area contributed by atoms with Crippen LogP contribution in [0.1, 0.15) is 11.7 Å². The SMILES string of the molecule is Cc1nc(CCN(C2CN(S(=O)(=O)c3ccc(F)cc3)C2)S(C)(=O)=O)no1. The standard InChI is InChI=1S/C15H19FN4O5S2/c1-11-17-15(18-25-11)7-8-20(26(2,21)22)13-9-19(10-13)27(23,24)14-5-3-12(16)4-6-14/h3-6,13H,7-10H2,1-2H3. The second-order valence-corrected chi connectivity index (χ2v) is 10.2. The van der Waals surface area contributed by atoms with Crippen molar-refractivity contribution >= 4 is 20.0 Å². The third-order valence-electron chi connectivity index (χ3n) is 4.24. The van der Waals surface area contributed by atoms with E-state index in [0.29, 0.717) is 11.7 Å². The molecule has 0 unspecified atom stereocenters. The first kappa shape index (κ1) is 19.9. The van der Waals surface area contributed by atoms with E-state index >= 15 is 0 Å². The van der Waals surface area contributed by atoms with E-state index < -0.39 is 31.9 Å². The topological polar surface area (TPSA) is 114 Å². The van der Waals surface area contributed by atoms with Gasteiger partial charge in [-0.3, -0.25) is 0 Å². The molecule has 0 atom stereocenters. The van der Waals surface area contributed by atoms with E-state index in [1.807, 2.05) is 0 Å². The number of nitrogens with zero attached hydrogens (tertiary/aromatic N) is 4. The monoisotopic (exact) mass is 418 g/mol. The summed E-state index contributed by atoms with van der Waals surface area (Å²) in [7, 11) is -7.34. The van der Waals surface area contributed by atoms with Gasteiger partial charge >= 0.3 is 0 Å². The van der Waals surface area contributed by atoms with Crippen molar-refractivity contribution < 1.29 is 25.7 Å². The second-order valence-electron chi connectivity index (χ2n) is 6.28. The van der Waals surface area contributed by atoms with Gasteiger partial charge in [0.2, 0.25) is 25.9 Å². The van der Waals surface area contributed by atoms with E-state index in [0.717, 1.165) is 18.4 Å². The minimum atomic E-state index is -3.79. The fourth-order valence-electron chi connectivity index (χ4n) is 2.82. The van der Waals surface area contributed by atoms with Crippen molar-refractivity contribution in [1.82, 2.24) is 18.8 Å². The van der Waals surface area contributed by atoms with Crippen LogP contribution < -0.4 is 0 Å². The van der Waals surface area contributed by atoms with Crippen LogP contribution in [0, 0.1) is 12.7 Å². The van der Waals surface area contributed by atoms with E-state index in [4.69, 9.17) is 4.52 Å².